The van der Waals surface area contributed by atoms with Crippen molar-refractivity contribution in [2.45, 2.75) is 6.42 Å². The molecule has 0 radical (unpaired) electrons. The predicted molar refractivity (Wildman–Crippen MR) is 82.1 cm³/mol. The SMILES string of the molecule is Cl.O=C([O-])Cc1ccccc1Nc1c(Cl)cccc1Cl.[Na+]. The number of carbonyl (C=O) groups is 1. The van der Waals surface area contributed by atoms with Gasteiger partial charge in [-0.2, -0.15) is 0 Å². The number of carboxylic acids is 1. The van der Waals surface area contributed by atoms with Crippen LogP contribution >= 0.6 is 35.6 Å². The Bertz CT molecular complexity index is 603. The molecule has 0 aliphatic rings. The zero-order chi connectivity index (χ0) is 13.8. The number of nitrogens with one attached hydrogen (secondary N) is 1. The number of aliphatic carboxylic acids is 1. The molecule has 2 rings (SSSR count). The van der Waals surface area contributed by atoms with Gasteiger partial charge in [0, 0.05) is 18.1 Å². The Balaban J connectivity index is 0.00000200. The van der Waals surface area contributed by atoms with Gasteiger partial charge in [0.25, 0.3) is 0 Å². The summed E-state index contributed by atoms with van der Waals surface area (Å²) in [4.78, 5) is 10.7. The van der Waals surface area contributed by atoms with E-state index in [0.29, 0.717) is 27.0 Å². The Labute approximate surface area is 161 Å². The first-order chi connectivity index (χ1) is 9.08. The normalized spacial score (nSPS) is 9.24. The van der Waals surface area contributed by atoms with E-state index < -0.39 is 5.97 Å². The van der Waals surface area contributed by atoms with Crippen molar-refractivity contribution in [2.75, 3.05) is 5.32 Å². The van der Waals surface area contributed by atoms with E-state index in [0.717, 1.165) is 0 Å². The zero-order valence-electron chi connectivity index (χ0n) is 11.2. The third kappa shape index (κ3) is 5.70. The monoisotopic (exact) mass is 353 g/mol. The van der Waals surface area contributed by atoms with Gasteiger partial charge in [-0.1, -0.05) is 47.5 Å². The average Bonchev–Trinajstić information content (AvgIpc) is 2.35. The molecule has 0 spiro atoms. The fraction of sp³-hybridized carbons (Fsp3) is 0.0714. The van der Waals surface area contributed by atoms with E-state index in [4.69, 9.17) is 23.2 Å². The van der Waals surface area contributed by atoms with Crippen molar-refractivity contribution in [1.29, 1.82) is 0 Å². The Kier molecular flexibility index (Phi) is 9.38. The van der Waals surface area contributed by atoms with Crippen LogP contribution < -0.4 is 40.0 Å². The summed E-state index contributed by atoms with van der Waals surface area (Å²) in [7, 11) is 0. The van der Waals surface area contributed by atoms with Gasteiger partial charge >= 0.3 is 29.6 Å². The van der Waals surface area contributed by atoms with Crippen molar-refractivity contribution in [3.05, 3.63) is 58.1 Å². The van der Waals surface area contributed by atoms with Crippen molar-refractivity contribution in [3.63, 3.8) is 0 Å². The summed E-state index contributed by atoms with van der Waals surface area (Å²) < 4.78 is 0. The van der Waals surface area contributed by atoms with E-state index in [2.05, 4.69) is 5.32 Å². The number of carboxylic acid groups (broad SMARTS) is 1. The van der Waals surface area contributed by atoms with Crippen molar-refractivity contribution in [2.24, 2.45) is 0 Å². The van der Waals surface area contributed by atoms with Crippen molar-refractivity contribution in [1.82, 2.24) is 0 Å². The van der Waals surface area contributed by atoms with Crippen LogP contribution in [0.3, 0.4) is 0 Å². The van der Waals surface area contributed by atoms with Gasteiger partial charge in [-0.3, -0.25) is 0 Å². The summed E-state index contributed by atoms with van der Waals surface area (Å²) in [5.74, 6) is -1.14. The molecule has 1 N–H and O–H groups in total. The minimum absolute atomic E-state index is 0. The molecule has 0 heterocycles. The van der Waals surface area contributed by atoms with E-state index >= 15 is 0 Å². The van der Waals surface area contributed by atoms with Gasteiger partial charge in [0.05, 0.1) is 15.7 Å². The van der Waals surface area contributed by atoms with Gasteiger partial charge in [-0.15, -0.1) is 12.4 Å². The number of benzene rings is 2. The van der Waals surface area contributed by atoms with Crippen LogP contribution in [0.2, 0.25) is 10.0 Å². The van der Waals surface area contributed by atoms with Gasteiger partial charge in [0.1, 0.15) is 0 Å². The molecule has 0 bridgehead atoms. The second-order valence-electron chi connectivity index (χ2n) is 3.93. The first kappa shape index (κ1) is 20.6. The molecule has 21 heavy (non-hydrogen) atoms. The first-order valence-corrected chi connectivity index (χ1v) is 6.32. The van der Waals surface area contributed by atoms with E-state index in [1.807, 2.05) is 0 Å². The summed E-state index contributed by atoms with van der Waals surface area (Å²) in [5.41, 5.74) is 1.80. The maximum absolute atomic E-state index is 10.7. The standard InChI is InChI=1S/C14H11Cl2NO2.ClH.Na/c15-10-5-3-6-11(16)14(10)17-12-7-2-1-4-9(12)8-13(18)19;;/h1-7,17H,8H2,(H,18,19);1H;/q;;+1/p-1. The molecule has 0 unspecified atom stereocenters. The van der Waals surface area contributed by atoms with Crippen LogP contribution in [0, 0.1) is 0 Å². The van der Waals surface area contributed by atoms with Crippen LogP contribution in [-0.4, -0.2) is 5.97 Å². The molecule has 0 fully saturated rings. The third-order valence-corrected chi connectivity index (χ3v) is 3.20. The van der Waals surface area contributed by atoms with Gasteiger partial charge in [-0.05, 0) is 23.8 Å². The first-order valence-electron chi connectivity index (χ1n) is 5.56. The van der Waals surface area contributed by atoms with Crippen LogP contribution in [0.15, 0.2) is 42.5 Å². The molecule has 0 atom stereocenters. The van der Waals surface area contributed by atoms with Crippen molar-refractivity contribution >= 4 is 53.0 Å². The molecule has 7 heteroatoms. The summed E-state index contributed by atoms with van der Waals surface area (Å²) in [6.45, 7) is 0. The fourth-order valence-electron chi connectivity index (χ4n) is 1.70. The van der Waals surface area contributed by atoms with E-state index in [1.165, 1.54) is 0 Å². The number of hydrogen-bond acceptors (Lipinski definition) is 3. The number of carbonyl (C=O) groups excluding carboxylic acids is 1. The summed E-state index contributed by atoms with van der Waals surface area (Å²) in [6, 6.07) is 12.2. The minimum atomic E-state index is -1.14. The quantitative estimate of drug-likeness (QED) is 0.812. The maximum atomic E-state index is 10.7. The van der Waals surface area contributed by atoms with Crippen molar-refractivity contribution < 1.29 is 39.5 Å². The van der Waals surface area contributed by atoms with Crippen LogP contribution in [0.4, 0.5) is 11.4 Å². The largest absolute Gasteiger partial charge is 1.00 e. The van der Waals surface area contributed by atoms with Gasteiger partial charge < -0.3 is 15.2 Å². The smallest absolute Gasteiger partial charge is 0.550 e. The maximum Gasteiger partial charge on any atom is 1.00 e. The molecule has 2 aromatic carbocycles. The number of para-hydroxylation sites is 2. The van der Waals surface area contributed by atoms with Gasteiger partial charge in [0.2, 0.25) is 0 Å². The van der Waals surface area contributed by atoms with Crippen LogP contribution in [0.5, 0.6) is 0 Å². The molecule has 0 aromatic heterocycles. The Morgan fingerprint density at radius 2 is 1.62 bits per heavy atom. The zero-order valence-corrected chi connectivity index (χ0v) is 15.6. The molecule has 0 saturated carbocycles. The minimum Gasteiger partial charge on any atom is -0.550 e. The number of anilines is 2. The van der Waals surface area contributed by atoms with Gasteiger partial charge in [0.15, 0.2) is 0 Å². The third-order valence-electron chi connectivity index (χ3n) is 2.57. The van der Waals surface area contributed by atoms with E-state index in [-0.39, 0.29) is 48.4 Å². The van der Waals surface area contributed by atoms with Crippen LogP contribution in [-0.2, 0) is 11.2 Å². The van der Waals surface area contributed by atoms with E-state index in [9.17, 15) is 9.90 Å². The molecular weight excluding hydrogens is 344 g/mol. The molecule has 0 aliphatic heterocycles. The second kappa shape index (κ2) is 9.57. The van der Waals surface area contributed by atoms with Crippen LogP contribution in [0.1, 0.15) is 5.56 Å². The Morgan fingerprint density at radius 1 is 1.05 bits per heavy atom. The molecule has 2 aromatic rings. The summed E-state index contributed by atoms with van der Waals surface area (Å²) in [5, 5.41) is 14.7. The Hall–Kier alpha value is -0.420. The number of halogens is 3. The molecule has 0 saturated heterocycles. The number of rotatable bonds is 4. The fourth-order valence-corrected chi connectivity index (χ4v) is 2.20. The Morgan fingerprint density at radius 3 is 2.19 bits per heavy atom. The average molecular weight is 355 g/mol. The molecule has 106 valence electrons. The summed E-state index contributed by atoms with van der Waals surface area (Å²) >= 11 is 12.1. The van der Waals surface area contributed by atoms with Gasteiger partial charge in [-0.25, -0.2) is 0 Å². The summed E-state index contributed by atoms with van der Waals surface area (Å²) in [6.07, 6.45) is -0.175. The number of hydrogen-bond donors (Lipinski definition) is 1. The van der Waals surface area contributed by atoms with E-state index in [1.54, 1.807) is 42.5 Å². The molecule has 0 aliphatic carbocycles. The molecule has 3 nitrogen and oxygen atoms in total. The van der Waals surface area contributed by atoms with Crippen LogP contribution in [0.25, 0.3) is 0 Å². The second-order valence-corrected chi connectivity index (χ2v) is 4.74. The predicted octanol–water partition coefficient (Wildman–Crippen LogP) is 0.455. The van der Waals surface area contributed by atoms with Crippen molar-refractivity contribution in [3.8, 4) is 0 Å². The molecule has 0 amide bonds. The molecular formula is C14H11Cl3NNaO2. The topological polar surface area (TPSA) is 52.2 Å².